The number of amides is 1. The molecule has 1 aromatic carbocycles. The maximum atomic E-state index is 13.9. The molecule has 1 amide bonds. The Kier molecular flexibility index (Phi) is 8.08. The quantitative estimate of drug-likeness (QED) is 0.584. The number of aliphatic hydroxyl groups is 1. The molecule has 2 fully saturated rings. The number of aromatic nitrogens is 1. The highest BCUT2D eigenvalue weighted by Crippen LogP contribution is 2.41. The standard InChI is InChI=1S/C30H42FN5O3/c1-19-13-34(25(12-32-19)14-35-20(2)16-39-17-21(35)3)15-27(37)36-18-30(4,5)29-26(36)10-23(11-33-29)28(38)22-7-6-8-24(31)9-22/h6-11,19-21,25,28,32,38H,12-18H2,1-5H3/t19-,20-,21-,25-,28?/m1/s1. The molecule has 3 aliphatic rings. The molecular weight excluding hydrogens is 497 g/mol. The number of carbonyl (C=O) groups excluding carboxylic acids is 1. The molecule has 0 saturated carbocycles. The van der Waals surface area contributed by atoms with E-state index in [0.29, 0.717) is 42.3 Å². The molecular formula is C30H42FN5O3. The van der Waals surface area contributed by atoms with Gasteiger partial charge in [-0.05, 0) is 44.5 Å². The van der Waals surface area contributed by atoms with Crippen LogP contribution in [0.1, 0.15) is 57.5 Å². The Bertz CT molecular complexity index is 1180. The summed E-state index contributed by atoms with van der Waals surface area (Å²) in [5, 5.41) is 14.6. The van der Waals surface area contributed by atoms with Crippen LogP contribution in [0.2, 0.25) is 0 Å². The molecule has 212 valence electrons. The van der Waals surface area contributed by atoms with Gasteiger partial charge in [-0.2, -0.15) is 0 Å². The number of hydrogen-bond acceptors (Lipinski definition) is 7. The molecule has 0 bridgehead atoms. The molecule has 9 heteroatoms. The number of halogens is 1. The Balaban J connectivity index is 1.36. The van der Waals surface area contributed by atoms with E-state index in [0.717, 1.165) is 44.2 Å². The van der Waals surface area contributed by atoms with Crippen molar-refractivity contribution in [2.45, 2.75) is 70.3 Å². The van der Waals surface area contributed by atoms with Crippen molar-refractivity contribution in [1.29, 1.82) is 0 Å². The van der Waals surface area contributed by atoms with Crippen molar-refractivity contribution in [3.8, 4) is 0 Å². The summed E-state index contributed by atoms with van der Waals surface area (Å²) in [4.78, 5) is 25.3. The Morgan fingerprint density at radius 1 is 1.21 bits per heavy atom. The van der Waals surface area contributed by atoms with Gasteiger partial charge in [-0.15, -0.1) is 0 Å². The number of benzene rings is 1. The molecule has 39 heavy (non-hydrogen) atoms. The summed E-state index contributed by atoms with van der Waals surface area (Å²) in [5.74, 6) is -0.373. The van der Waals surface area contributed by atoms with E-state index >= 15 is 0 Å². The van der Waals surface area contributed by atoms with E-state index in [2.05, 4.69) is 49.7 Å². The highest BCUT2D eigenvalue weighted by molar-refractivity contribution is 5.97. The molecule has 1 unspecified atom stereocenters. The second kappa shape index (κ2) is 11.2. The van der Waals surface area contributed by atoms with Crippen LogP contribution in [0.15, 0.2) is 36.5 Å². The number of aliphatic hydroxyl groups excluding tert-OH is 1. The van der Waals surface area contributed by atoms with Crippen molar-refractivity contribution < 1.29 is 19.0 Å². The maximum Gasteiger partial charge on any atom is 0.241 e. The van der Waals surface area contributed by atoms with Crippen LogP contribution in [-0.2, 0) is 14.9 Å². The molecule has 3 aliphatic heterocycles. The largest absolute Gasteiger partial charge is 0.384 e. The first-order valence-corrected chi connectivity index (χ1v) is 14.1. The van der Waals surface area contributed by atoms with Gasteiger partial charge in [0.05, 0.1) is 31.1 Å². The lowest BCUT2D eigenvalue weighted by atomic mass is 9.90. The second-order valence-electron chi connectivity index (χ2n) is 12.3. The van der Waals surface area contributed by atoms with Crippen molar-refractivity contribution in [2.75, 3.05) is 50.8 Å². The summed E-state index contributed by atoms with van der Waals surface area (Å²) in [6.07, 6.45) is 0.609. The number of pyridine rings is 1. The van der Waals surface area contributed by atoms with E-state index in [9.17, 15) is 14.3 Å². The summed E-state index contributed by atoms with van der Waals surface area (Å²) in [7, 11) is 0. The zero-order chi connectivity index (χ0) is 27.9. The highest BCUT2D eigenvalue weighted by Gasteiger charge is 2.41. The molecule has 2 saturated heterocycles. The van der Waals surface area contributed by atoms with Gasteiger partial charge >= 0.3 is 0 Å². The second-order valence-corrected chi connectivity index (χ2v) is 12.3. The van der Waals surface area contributed by atoms with Gasteiger partial charge in [0.15, 0.2) is 0 Å². The molecule has 2 aromatic rings. The van der Waals surface area contributed by atoms with Crippen LogP contribution in [0.5, 0.6) is 0 Å². The molecule has 1 aromatic heterocycles. The number of piperazine rings is 1. The number of hydrogen-bond donors (Lipinski definition) is 2. The summed E-state index contributed by atoms with van der Waals surface area (Å²) in [6.45, 7) is 15.6. The number of rotatable bonds is 6. The first kappa shape index (κ1) is 28.1. The van der Waals surface area contributed by atoms with Crippen LogP contribution < -0.4 is 10.2 Å². The monoisotopic (exact) mass is 539 g/mol. The summed E-state index contributed by atoms with van der Waals surface area (Å²) >= 11 is 0. The normalized spacial score (nSPS) is 28.3. The van der Waals surface area contributed by atoms with Crippen LogP contribution in [0, 0.1) is 5.82 Å². The summed E-state index contributed by atoms with van der Waals surface area (Å²) < 4.78 is 19.5. The van der Waals surface area contributed by atoms with Crippen LogP contribution in [0.25, 0.3) is 0 Å². The van der Waals surface area contributed by atoms with Crippen molar-refractivity contribution in [3.05, 3.63) is 59.2 Å². The molecule has 0 radical (unpaired) electrons. The highest BCUT2D eigenvalue weighted by atomic mass is 19.1. The maximum absolute atomic E-state index is 13.9. The zero-order valence-corrected chi connectivity index (χ0v) is 23.7. The number of morpholine rings is 1. The number of ether oxygens (including phenoxy) is 1. The average Bonchev–Trinajstić information content (AvgIpc) is 3.17. The number of fused-ring (bicyclic) bond motifs is 1. The molecule has 5 rings (SSSR count). The fourth-order valence-electron chi connectivity index (χ4n) is 6.30. The van der Waals surface area contributed by atoms with Gasteiger partial charge < -0.3 is 20.1 Å². The Morgan fingerprint density at radius 2 is 1.95 bits per heavy atom. The van der Waals surface area contributed by atoms with E-state index in [1.807, 2.05) is 11.0 Å². The third-order valence-corrected chi connectivity index (χ3v) is 8.49. The fourth-order valence-corrected chi connectivity index (χ4v) is 6.30. The lowest BCUT2D eigenvalue weighted by molar-refractivity contribution is -0.121. The predicted molar refractivity (Wildman–Crippen MR) is 149 cm³/mol. The minimum absolute atomic E-state index is 0.0307. The van der Waals surface area contributed by atoms with Gasteiger partial charge in [0.1, 0.15) is 11.9 Å². The Labute approximate surface area is 231 Å². The van der Waals surface area contributed by atoms with Crippen LogP contribution >= 0.6 is 0 Å². The fraction of sp³-hybridized carbons (Fsp3) is 0.600. The van der Waals surface area contributed by atoms with Gasteiger partial charge in [-0.3, -0.25) is 19.6 Å². The minimum atomic E-state index is -1.03. The summed E-state index contributed by atoms with van der Waals surface area (Å²) in [5.41, 5.74) is 2.25. The van der Waals surface area contributed by atoms with Crippen LogP contribution in [-0.4, -0.2) is 95.9 Å². The minimum Gasteiger partial charge on any atom is -0.384 e. The van der Waals surface area contributed by atoms with E-state index in [4.69, 9.17) is 9.72 Å². The Morgan fingerprint density at radius 3 is 2.67 bits per heavy atom. The first-order chi connectivity index (χ1) is 18.5. The third-order valence-electron chi connectivity index (χ3n) is 8.49. The Hall–Kier alpha value is -2.43. The lowest BCUT2D eigenvalue weighted by Crippen LogP contribution is -2.63. The SMILES string of the molecule is C[C@@H]1CN(CC(=O)N2CC(C)(C)c3ncc(C(O)c4cccc(F)c4)cc32)[C@@H](CN2[C@H](C)COC[C@H]2C)CN1. The molecule has 0 aliphatic carbocycles. The van der Waals surface area contributed by atoms with E-state index < -0.39 is 11.9 Å². The topological polar surface area (TPSA) is 81.2 Å². The molecule has 5 atom stereocenters. The van der Waals surface area contributed by atoms with E-state index in [1.54, 1.807) is 18.3 Å². The van der Waals surface area contributed by atoms with Crippen molar-refractivity contribution in [1.82, 2.24) is 20.1 Å². The lowest BCUT2D eigenvalue weighted by Gasteiger charge is -2.46. The zero-order valence-electron chi connectivity index (χ0n) is 23.7. The summed E-state index contributed by atoms with van der Waals surface area (Å²) in [6, 6.07) is 8.98. The van der Waals surface area contributed by atoms with Gasteiger partial charge in [0.2, 0.25) is 5.91 Å². The van der Waals surface area contributed by atoms with E-state index in [-0.39, 0.29) is 17.4 Å². The number of nitrogens with one attached hydrogen (secondary N) is 1. The number of anilines is 1. The number of carbonyl (C=O) groups is 1. The number of nitrogens with zero attached hydrogens (tertiary/aromatic N) is 4. The smallest absolute Gasteiger partial charge is 0.241 e. The van der Waals surface area contributed by atoms with Gasteiger partial charge in [-0.1, -0.05) is 26.0 Å². The molecule has 8 nitrogen and oxygen atoms in total. The van der Waals surface area contributed by atoms with Gasteiger partial charge in [0, 0.05) is 67.5 Å². The first-order valence-electron chi connectivity index (χ1n) is 14.1. The average molecular weight is 540 g/mol. The van der Waals surface area contributed by atoms with Gasteiger partial charge in [-0.25, -0.2) is 4.39 Å². The van der Waals surface area contributed by atoms with Crippen LogP contribution in [0.3, 0.4) is 0 Å². The van der Waals surface area contributed by atoms with Crippen LogP contribution in [0.4, 0.5) is 10.1 Å². The van der Waals surface area contributed by atoms with E-state index in [1.165, 1.54) is 12.1 Å². The van der Waals surface area contributed by atoms with Crippen molar-refractivity contribution in [2.24, 2.45) is 0 Å². The third kappa shape index (κ3) is 5.88. The molecule has 0 spiro atoms. The van der Waals surface area contributed by atoms with Crippen molar-refractivity contribution >= 4 is 11.6 Å². The van der Waals surface area contributed by atoms with Gasteiger partial charge in [0.25, 0.3) is 0 Å². The van der Waals surface area contributed by atoms with Crippen molar-refractivity contribution in [3.63, 3.8) is 0 Å². The predicted octanol–water partition coefficient (Wildman–Crippen LogP) is 2.70. The molecule has 2 N–H and O–H groups in total. The molecule has 4 heterocycles.